The van der Waals surface area contributed by atoms with Gasteiger partial charge in [-0.25, -0.2) is 0 Å². The molecule has 0 radical (unpaired) electrons. The fourth-order valence-electron chi connectivity index (χ4n) is 1.79. The van der Waals surface area contributed by atoms with Gasteiger partial charge in [0.2, 0.25) is 0 Å². The van der Waals surface area contributed by atoms with E-state index in [1.807, 2.05) is 6.92 Å². The van der Waals surface area contributed by atoms with Crippen molar-refractivity contribution in [3.05, 3.63) is 28.8 Å². The maximum atomic E-state index is 5.99. The lowest BCUT2D eigenvalue weighted by atomic mass is 10.0. The van der Waals surface area contributed by atoms with Gasteiger partial charge in [0.05, 0.1) is 7.11 Å². The summed E-state index contributed by atoms with van der Waals surface area (Å²) >= 11 is 5.99. The molecule has 0 amide bonds. The summed E-state index contributed by atoms with van der Waals surface area (Å²) in [5.41, 5.74) is 3.64. The molecule has 2 heteroatoms. The minimum Gasteiger partial charge on any atom is -0.496 e. The van der Waals surface area contributed by atoms with Crippen LogP contribution < -0.4 is 4.74 Å². The van der Waals surface area contributed by atoms with Gasteiger partial charge in [-0.3, -0.25) is 0 Å². The number of methoxy groups -OCH3 is 1. The summed E-state index contributed by atoms with van der Waals surface area (Å²) in [5.74, 6) is 0.975. The van der Waals surface area contributed by atoms with Crippen LogP contribution in [0.15, 0.2) is 12.1 Å². The molecule has 0 heterocycles. The third-order valence-electron chi connectivity index (χ3n) is 2.20. The lowest BCUT2D eigenvalue weighted by Crippen LogP contribution is -2.02. The van der Waals surface area contributed by atoms with Gasteiger partial charge >= 0.3 is 0 Å². The summed E-state index contributed by atoms with van der Waals surface area (Å²) in [6.07, 6.45) is 0.854. The molecule has 1 unspecified atom stereocenters. The second-order valence-electron chi connectivity index (χ2n) is 3.76. The van der Waals surface area contributed by atoms with Crippen LogP contribution in [0.2, 0.25) is 0 Å². The fourth-order valence-corrected chi connectivity index (χ4v) is 1.96. The van der Waals surface area contributed by atoms with E-state index in [0.717, 1.165) is 12.2 Å². The Morgan fingerprint density at radius 1 is 1.36 bits per heavy atom. The zero-order chi connectivity index (χ0) is 10.7. The standard InChI is InChI=1S/C12H17ClO/c1-8-5-9(2)12(14-4)11(6-8)7-10(3)13/h5-6,10H,7H2,1-4H3. The average Bonchev–Trinajstić information content (AvgIpc) is 2.01. The smallest absolute Gasteiger partial charge is 0.125 e. The largest absolute Gasteiger partial charge is 0.496 e. The third-order valence-corrected chi connectivity index (χ3v) is 2.36. The van der Waals surface area contributed by atoms with Crippen molar-refractivity contribution in [3.8, 4) is 5.75 Å². The highest BCUT2D eigenvalue weighted by molar-refractivity contribution is 6.20. The first-order valence-corrected chi connectivity index (χ1v) is 5.26. The first kappa shape index (κ1) is 11.4. The SMILES string of the molecule is COc1c(C)cc(C)cc1CC(C)Cl. The van der Waals surface area contributed by atoms with Crippen molar-refractivity contribution in [1.82, 2.24) is 0 Å². The van der Waals surface area contributed by atoms with Gasteiger partial charge in [-0.2, -0.15) is 0 Å². The summed E-state index contributed by atoms with van der Waals surface area (Å²) in [6, 6.07) is 4.27. The maximum absolute atomic E-state index is 5.99. The van der Waals surface area contributed by atoms with Crippen molar-refractivity contribution in [3.63, 3.8) is 0 Å². The van der Waals surface area contributed by atoms with Gasteiger partial charge in [-0.1, -0.05) is 17.7 Å². The highest BCUT2D eigenvalue weighted by atomic mass is 35.5. The molecule has 1 aromatic carbocycles. The van der Waals surface area contributed by atoms with E-state index in [4.69, 9.17) is 16.3 Å². The van der Waals surface area contributed by atoms with E-state index in [-0.39, 0.29) is 5.38 Å². The lowest BCUT2D eigenvalue weighted by molar-refractivity contribution is 0.406. The van der Waals surface area contributed by atoms with E-state index >= 15 is 0 Å². The van der Waals surface area contributed by atoms with E-state index in [0.29, 0.717) is 0 Å². The predicted octanol–water partition coefficient (Wildman–Crippen LogP) is 3.48. The highest BCUT2D eigenvalue weighted by Gasteiger charge is 2.09. The second-order valence-corrected chi connectivity index (χ2v) is 4.50. The molecule has 1 atom stereocenters. The fraction of sp³-hybridized carbons (Fsp3) is 0.500. The molecule has 0 aliphatic rings. The lowest BCUT2D eigenvalue weighted by Gasteiger charge is -2.13. The van der Waals surface area contributed by atoms with Gasteiger partial charge in [0.15, 0.2) is 0 Å². The van der Waals surface area contributed by atoms with Crippen LogP contribution in [0.3, 0.4) is 0 Å². The third kappa shape index (κ3) is 2.65. The van der Waals surface area contributed by atoms with E-state index in [1.165, 1.54) is 16.7 Å². The van der Waals surface area contributed by atoms with Crippen molar-refractivity contribution in [1.29, 1.82) is 0 Å². The predicted molar refractivity (Wildman–Crippen MR) is 61.5 cm³/mol. The van der Waals surface area contributed by atoms with Crippen molar-refractivity contribution in [2.24, 2.45) is 0 Å². The minimum absolute atomic E-state index is 0.144. The zero-order valence-electron chi connectivity index (χ0n) is 9.23. The molecule has 0 aliphatic heterocycles. The van der Waals surface area contributed by atoms with Crippen LogP contribution in [0.1, 0.15) is 23.6 Å². The monoisotopic (exact) mass is 212 g/mol. The molecular weight excluding hydrogens is 196 g/mol. The van der Waals surface area contributed by atoms with Gasteiger partial charge in [0.25, 0.3) is 0 Å². The van der Waals surface area contributed by atoms with Crippen LogP contribution in [-0.4, -0.2) is 12.5 Å². The number of alkyl halides is 1. The van der Waals surface area contributed by atoms with E-state index in [9.17, 15) is 0 Å². The Morgan fingerprint density at radius 3 is 2.50 bits per heavy atom. The maximum Gasteiger partial charge on any atom is 0.125 e. The molecule has 0 saturated heterocycles. The number of halogens is 1. The average molecular weight is 213 g/mol. The number of hydrogen-bond donors (Lipinski definition) is 0. The summed E-state index contributed by atoms with van der Waals surface area (Å²) in [6.45, 7) is 6.15. The topological polar surface area (TPSA) is 9.23 Å². The Bertz CT molecular complexity index is 318. The number of aryl methyl sites for hydroxylation is 2. The van der Waals surface area contributed by atoms with Crippen LogP contribution in [0.25, 0.3) is 0 Å². The molecule has 0 aliphatic carbocycles. The Labute approximate surface area is 91.0 Å². The van der Waals surface area contributed by atoms with Crippen molar-refractivity contribution in [2.45, 2.75) is 32.6 Å². The van der Waals surface area contributed by atoms with Crippen LogP contribution in [0.5, 0.6) is 5.75 Å². The van der Waals surface area contributed by atoms with Crippen molar-refractivity contribution >= 4 is 11.6 Å². The van der Waals surface area contributed by atoms with Crippen molar-refractivity contribution in [2.75, 3.05) is 7.11 Å². The molecule has 0 spiro atoms. The molecule has 1 nitrogen and oxygen atoms in total. The van der Waals surface area contributed by atoms with Gasteiger partial charge < -0.3 is 4.74 Å². The Balaban J connectivity index is 3.11. The summed E-state index contributed by atoms with van der Waals surface area (Å²) < 4.78 is 5.37. The molecule has 78 valence electrons. The molecule has 0 saturated carbocycles. The Hall–Kier alpha value is -0.690. The molecule has 0 fully saturated rings. The zero-order valence-corrected chi connectivity index (χ0v) is 9.98. The van der Waals surface area contributed by atoms with E-state index in [1.54, 1.807) is 7.11 Å². The summed E-state index contributed by atoms with van der Waals surface area (Å²) in [7, 11) is 1.71. The first-order valence-electron chi connectivity index (χ1n) is 4.82. The molecule has 0 bridgehead atoms. The van der Waals surface area contributed by atoms with Gasteiger partial charge in [0.1, 0.15) is 5.75 Å². The molecule has 1 rings (SSSR count). The van der Waals surface area contributed by atoms with Gasteiger partial charge in [-0.15, -0.1) is 11.6 Å². The Morgan fingerprint density at radius 2 is 2.00 bits per heavy atom. The molecule has 1 aromatic rings. The number of benzene rings is 1. The molecule has 14 heavy (non-hydrogen) atoms. The van der Waals surface area contributed by atoms with E-state index < -0.39 is 0 Å². The summed E-state index contributed by atoms with van der Waals surface area (Å²) in [5, 5.41) is 0.144. The minimum atomic E-state index is 0.144. The first-order chi connectivity index (χ1) is 6.54. The van der Waals surface area contributed by atoms with Gasteiger partial charge in [-0.05, 0) is 38.3 Å². The summed E-state index contributed by atoms with van der Waals surface area (Å²) in [4.78, 5) is 0. The molecular formula is C12H17ClO. The normalized spacial score (nSPS) is 12.6. The van der Waals surface area contributed by atoms with Crippen molar-refractivity contribution < 1.29 is 4.74 Å². The number of rotatable bonds is 3. The number of ether oxygens (including phenoxy) is 1. The molecule has 0 aromatic heterocycles. The molecule has 0 N–H and O–H groups in total. The van der Waals surface area contributed by atoms with Crippen LogP contribution in [0, 0.1) is 13.8 Å². The second kappa shape index (κ2) is 4.70. The van der Waals surface area contributed by atoms with Gasteiger partial charge in [0, 0.05) is 5.38 Å². The quantitative estimate of drug-likeness (QED) is 0.698. The highest BCUT2D eigenvalue weighted by Crippen LogP contribution is 2.26. The van der Waals surface area contributed by atoms with Crippen LogP contribution >= 0.6 is 11.6 Å². The van der Waals surface area contributed by atoms with Crippen LogP contribution in [-0.2, 0) is 6.42 Å². The van der Waals surface area contributed by atoms with E-state index in [2.05, 4.69) is 26.0 Å². The number of hydrogen-bond acceptors (Lipinski definition) is 1. The Kier molecular flexibility index (Phi) is 3.82. The van der Waals surface area contributed by atoms with Crippen LogP contribution in [0.4, 0.5) is 0 Å².